The van der Waals surface area contributed by atoms with Gasteiger partial charge in [-0.05, 0) is 62.2 Å². The molecular weight excluding hydrogens is 500 g/mol. The zero-order valence-electron chi connectivity index (χ0n) is 23.0. The molecule has 1 aliphatic carbocycles. The summed E-state index contributed by atoms with van der Waals surface area (Å²) in [5, 5.41) is 2.53. The van der Waals surface area contributed by atoms with Crippen molar-refractivity contribution in [3.05, 3.63) is 54.2 Å². The maximum Gasteiger partial charge on any atom is 0.342 e. The third kappa shape index (κ3) is 7.76. The van der Waals surface area contributed by atoms with E-state index in [4.69, 9.17) is 9.47 Å². The number of rotatable bonds is 11. The van der Waals surface area contributed by atoms with Crippen molar-refractivity contribution in [3.63, 3.8) is 0 Å². The summed E-state index contributed by atoms with van der Waals surface area (Å²) < 4.78 is 11.2. The first-order chi connectivity index (χ1) is 18.1. The number of carbonyl (C=O) groups excluding carboxylic acids is 3. The maximum absolute atomic E-state index is 13.6. The second kappa shape index (κ2) is 13.7. The lowest BCUT2D eigenvalue weighted by molar-refractivity contribution is -0.138. The second-order valence-corrected chi connectivity index (χ2v) is 11.9. The second-order valence-electron chi connectivity index (χ2n) is 10.5. The molecule has 2 aromatic rings. The van der Waals surface area contributed by atoms with Gasteiger partial charge in [-0.25, -0.2) is 9.59 Å². The van der Waals surface area contributed by atoms with Crippen molar-refractivity contribution >= 4 is 35.4 Å². The summed E-state index contributed by atoms with van der Waals surface area (Å²) >= 11 is 1.45. The van der Waals surface area contributed by atoms with Crippen LogP contribution in [0.2, 0.25) is 0 Å². The Bertz CT molecular complexity index is 1120. The third-order valence-electron chi connectivity index (χ3n) is 6.94. The van der Waals surface area contributed by atoms with Crippen molar-refractivity contribution in [2.24, 2.45) is 17.8 Å². The predicted molar refractivity (Wildman–Crippen MR) is 153 cm³/mol. The van der Waals surface area contributed by atoms with Crippen LogP contribution in [0.25, 0.3) is 11.1 Å². The monoisotopic (exact) mass is 540 g/mol. The van der Waals surface area contributed by atoms with Gasteiger partial charge >= 0.3 is 11.9 Å². The Balaban J connectivity index is 1.70. The van der Waals surface area contributed by atoms with Gasteiger partial charge in [-0.1, -0.05) is 57.7 Å². The minimum atomic E-state index is -0.432. The first-order valence-corrected chi connectivity index (χ1v) is 14.4. The van der Waals surface area contributed by atoms with Crippen LogP contribution in [0.1, 0.15) is 64.2 Å². The van der Waals surface area contributed by atoms with E-state index in [-0.39, 0.29) is 35.7 Å². The van der Waals surface area contributed by atoms with Crippen LogP contribution in [0.15, 0.2) is 48.7 Å². The summed E-state index contributed by atoms with van der Waals surface area (Å²) in [4.78, 5) is 41.2. The van der Waals surface area contributed by atoms with Crippen LogP contribution in [0.3, 0.4) is 0 Å². The number of aromatic nitrogens is 1. The number of thioether (sulfide) groups is 1. The Hall–Kier alpha value is -3.00. The lowest BCUT2D eigenvalue weighted by Crippen LogP contribution is -2.37. The van der Waals surface area contributed by atoms with Crippen molar-refractivity contribution < 1.29 is 23.9 Å². The van der Waals surface area contributed by atoms with Gasteiger partial charge in [0.15, 0.2) is 0 Å². The molecule has 206 valence electrons. The molecule has 1 aliphatic rings. The molecule has 0 spiro atoms. The molecule has 0 aliphatic heterocycles. The van der Waals surface area contributed by atoms with Gasteiger partial charge in [0.1, 0.15) is 17.5 Å². The van der Waals surface area contributed by atoms with Gasteiger partial charge in [-0.3, -0.25) is 4.79 Å². The zero-order valence-corrected chi connectivity index (χ0v) is 23.9. The molecule has 3 atom stereocenters. The van der Waals surface area contributed by atoms with Crippen molar-refractivity contribution in [2.45, 2.75) is 65.2 Å². The van der Waals surface area contributed by atoms with E-state index in [0.29, 0.717) is 40.6 Å². The number of ether oxygens (including phenoxy) is 2. The Kier molecular flexibility index (Phi) is 10.6. The molecular formula is C30H40N2O5S. The quantitative estimate of drug-likeness (QED) is 0.192. The van der Waals surface area contributed by atoms with Gasteiger partial charge in [0.05, 0.1) is 11.9 Å². The van der Waals surface area contributed by atoms with Crippen LogP contribution in [-0.4, -0.2) is 46.5 Å². The molecule has 2 N–H and O–H groups in total. The molecule has 38 heavy (non-hydrogen) atoms. The molecule has 1 saturated carbocycles. The Labute approximate surface area is 230 Å². The fraction of sp³-hybridized carbons (Fsp3) is 0.500. The van der Waals surface area contributed by atoms with E-state index in [1.807, 2.05) is 37.3 Å². The summed E-state index contributed by atoms with van der Waals surface area (Å²) in [7, 11) is 0. The fourth-order valence-electron chi connectivity index (χ4n) is 5.10. The zero-order chi connectivity index (χ0) is 27.8. The number of aromatic amines is 1. The van der Waals surface area contributed by atoms with E-state index in [9.17, 15) is 14.4 Å². The number of hydrogen-bond donors (Lipinski definition) is 2. The molecule has 8 heteroatoms. The first kappa shape index (κ1) is 29.6. The highest BCUT2D eigenvalue weighted by atomic mass is 32.2. The maximum atomic E-state index is 13.6. The normalized spacial score (nSPS) is 21.8. The van der Waals surface area contributed by atoms with Crippen molar-refractivity contribution in [3.8, 4) is 11.1 Å². The van der Waals surface area contributed by atoms with Crippen LogP contribution in [0, 0.1) is 17.8 Å². The fourth-order valence-corrected chi connectivity index (χ4v) is 5.94. The summed E-state index contributed by atoms with van der Waals surface area (Å²) in [6.45, 7) is 13.8. The van der Waals surface area contributed by atoms with E-state index in [1.54, 1.807) is 13.1 Å². The average molecular weight is 541 g/mol. The molecule has 3 unspecified atom stereocenters. The van der Waals surface area contributed by atoms with Gasteiger partial charge < -0.3 is 19.8 Å². The highest BCUT2D eigenvalue weighted by Crippen LogP contribution is 2.37. The molecule has 1 fully saturated rings. The third-order valence-corrected chi connectivity index (χ3v) is 8.18. The van der Waals surface area contributed by atoms with Gasteiger partial charge in [-0.15, -0.1) is 11.8 Å². The highest BCUT2D eigenvalue weighted by Gasteiger charge is 2.35. The molecule has 1 amide bonds. The van der Waals surface area contributed by atoms with Gasteiger partial charge in [0, 0.05) is 17.3 Å². The van der Waals surface area contributed by atoms with E-state index in [0.717, 1.165) is 18.4 Å². The molecule has 7 nitrogen and oxygen atoms in total. The number of H-pyrrole nitrogens is 1. The average Bonchev–Trinajstić information content (AvgIpc) is 3.29. The van der Waals surface area contributed by atoms with Crippen molar-refractivity contribution in [2.75, 3.05) is 17.7 Å². The Morgan fingerprint density at radius 2 is 1.79 bits per heavy atom. The van der Waals surface area contributed by atoms with E-state index in [1.165, 1.54) is 11.8 Å². The van der Waals surface area contributed by atoms with Crippen LogP contribution >= 0.6 is 11.8 Å². The molecule has 0 radical (unpaired) electrons. The Morgan fingerprint density at radius 3 is 2.42 bits per heavy atom. The van der Waals surface area contributed by atoms with Gasteiger partial charge in [-0.2, -0.15) is 0 Å². The lowest BCUT2D eigenvalue weighted by atomic mass is 9.75. The van der Waals surface area contributed by atoms with E-state index >= 15 is 0 Å². The van der Waals surface area contributed by atoms with Crippen LogP contribution in [0.5, 0.6) is 0 Å². The minimum Gasteiger partial charge on any atom is -0.462 e. The largest absolute Gasteiger partial charge is 0.462 e. The van der Waals surface area contributed by atoms with Gasteiger partial charge in [0.2, 0.25) is 5.91 Å². The van der Waals surface area contributed by atoms with Crippen LogP contribution in [-0.2, 0) is 19.1 Å². The Morgan fingerprint density at radius 1 is 1.13 bits per heavy atom. The van der Waals surface area contributed by atoms with E-state index in [2.05, 4.69) is 37.7 Å². The number of carbonyl (C=O) groups is 3. The lowest BCUT2D eigenvalue weighted by Gasteiger charge is -2.37. The predicted octanol–water partition coefficient (Wildman–Crippen LogP) is 6.48. The summed E-state index contributed by atoms with van der Waals surface area (Å²) in [6, 6.07) is 9.60. The number of nitrogens with one attached hydrogen (secondary N) is 2. The van der Waals surface area contributed by atoms with Crippen molar-refractivity contribution in [1.82, 2.24) is 4.98 Å². The SMILES string of the molecule is C=C(C)C(=O)OCCCSC(C)C(=O)Nc1[nH]cc(-c2ccccc2)c1C(=O)OC1C(C)CC(C)CC1C. The first-order valence-electron chi connectivity index (χ1n) is 13.3. The minimum absolute atomic E-state index is 0.172. The number of esters is 2. The highest BCUT2D eigenvalue weighted by molar-refractivity contribution is 8.00. The number of hydrogen-bond acceptors (Lipinski definition) is 6. The molecule has 0 bridgehead atoms. The molecule has 1 aromatic heterocycles. The molecule has 1 aromatic carbocycles. The summed E-state index contributed by atoms with van der Waals surface area (Å²) in [6.07, 6.45) is 4.23. The molecule has 1 heterocycles. The van der Waals surface area contributed by atoms with Crippen molar-refractivity contribution in [1.29, 1.82) is 0 Å². The molecule has 3 rings (SSSR count). The van der Waals surface area contributed by atoms with Gasteiger partial charge in [0.25, 0.3) is 0 Å². The number of benzene rings is 1. The topological polar surface area (TPSA) is 97.5 Å². The smallest absolute Gasteiger partial charge is 0.342 e. The number of amides is 1. The molecule has 0 saturated heterocycles. The van der Waals surface area contributed by atoms with Crippen LogP contribution in [0.4, 0.5) is 5.82 Å². The van der Waals surface area contributed by atoms with E-state index < -0.39 is 11.9 Å². The number of anilines is 1. The summed E-state index contributed by atoms with van der Waals surface area (Å²) in [5.74, 6) is 1.05. The summed E-state index contributed by atoms with van der Waals surface area (Å²) in [5.41, 5.74) is 2.25. The standard InChI is InChI=1S/C30H40N2O5S/c1-18(2)29(34)36-13-10-14-38-22(6)28(33)32-27-25(24(17-31-27)23-11-8-7-9-12-23)30(35)37-26-20(4)15-19(3)16-21(26)5/h7-9,11-12,17,19-22,26,31H,1,10,13-16H2,2-6H3,(H,32,33). The van der Waals surface area contributed by atoms with Crippen LogP contribution < -0.4 is 5.32 Å².